The minimum Gasteiger partial charge on any atom is -0.215 e. The van der Waals surface area contributed by atoms with E-state index >= 15 is 0 Å². The van der Waals surface area contributed by atoms with Gasteiger partial charge in [0.15, 0.2) is 0 Å². The lowest BCUT2D eigenvalue weighted by Gasteiger charge is -2.06. The van der Waals surface area contributed by atoms with Crippen LogP contribution in [-0.4, -0.2) is 15.0 Å². The molecular weight excluding hydrogens is 248 g/mol. The van der Waals surface area contributed by atoms with Gasteiger partial charge in [-0.3, -0.25) is 0 Å². The van der Waals surface area contributed by atoms with Gasteiger partial charge in [-0.15, -0.1) is 0 Å². The minimum atomic E-state index is -3.26. The van der Waals surface area contributed by atoms with Crippen LogP contribution in [-0.2, 0) is 15.8 Å². The van der Waals surface area contributed by atoms with Gasteiger partial charge in [-0.25, -0.2) is 13.1 Å². The van der Waals surface area contributed by atoms with Crippen LogP contribution < -0.4 is 4.72 Å². The predicted molar refractivity (Wildman–Crippen MR) is 69.1 cm³/mol. The highest BCUT2D eigenvalue weighted by Crippen LogP contribution is 2.31. The molecule has 18 heavy (non-hydrogen) atoms. The number of sulfonamides is 1. The molecule has 0 saturated heterocycles. The maximum absolute atomic E-state index is 11.8. The van der Waals surface area contributed by atoms with Crippen LogP contribution in [0.4, 0.5) is 0 Å². The van der Waals surface area contributed by atoms with Crippen LogP contribution in [0.5, 0.6) is 0 Å². The predicted octanol–water partition coefficient (Wildman–Crippen LogP) is 1.78. The van der Waals surface area contributed by atoms with Crippen molar-refractivity contribution >= 4 is 10.0 Å². The van der Waals surface area contributed by atoms with Gasteiger partial charge in [0.05, 0.1) is 17.4 Å². The lowest BCUT2D eigenvalue weighted by molar-refractivity contribution is 0.574. The van der Waals surface area contributed by atoms with E-state index < -0.39 is 10.0 Å². The zero-order valence-corrected chi connectivity index (χ0v) is 10.9. The molecule has 0 spiro atoms. The third-order valence-corrected chi connectivity index (χ3v) is 4.37. The molecule has 0 unspecified atom stereocenters. The number of nitrogens with zero attached hydrogens (tertiary/aromatic N) is 1. The fourth-order valence-corrected chi connectivity index (χ4v) is 2.93. The second-order valence-electron chi connectivity index (χ2n) is 4.69. The summed E-state index contributed by atoms with van der Waals surface area (Å²) in [7, 11) is -3.26. The van der Waals surface area contributed by atoms with E-state index in [2.05, 4.69) is 4.72 Å². The van der Waals surface area contributed by atoms with E-state index in [9.17, 15) is 8.42 Å². The Balaban J connectivity index is 1.87. The number of rotatable bonds is 6. The summed E-state index contributed by atoms with van der Waals surface area (Å²) in [4.78, 5) is 0. The first-order valence-electron chi connectivity index (χ1n) is 6.05. The van der Waals surface area contributed by atoms with Crippen LogP contribution in [0.1, 0.15) is 30.4 Å². The molecule has 0 atom stereocenters. The van der Waals surface area contributed by atoms with E-state index in [0.717, 1.165) is 12.3 Å². The summed E-state index contributed by atoms with van der Waals surface area (Å²) in [5, 5.41) is 8.65. The van der Waals surface area contributed by atoms with Gasteiger partial charge in [-0.2, -0.15) is 5.26 Å². The molecule has 1 aromatic rings. The standard InChI is InChI=1S/C13H16N2O2S/c14-9-12-3-5-13(6-4-12)10-18(16,17)15-8-7-11-1-2-11/h3-6,11,15H,1-2,7-8,10H2. The van der Waals surface area contributed by atoms with Crippen LogP contribution in [0, 0.1) is 17.2 Å². The summed E-state index contributed by atoms with van der Waals surface area (Å²) < 4.78 is 26.2. The first-order valence-corrected chi connectivity index (χ1v) is 7.71. The first-order chi connectivity index (χ1) is 8.59. The fraction of sp³-hybridized carbons (Fsp3) is 0.462. The van der Waals surface area contributed by atoms with Crippen LogP contribution in [0.3, 0.4) is 0 Å². The van der Waals surface area contributed by atoms with E-state index in [-0.39, 0.29) is 5.75 Å². The molecule has 96 valence electrons. The third-order valence-electron chi connectivity index (χ3n) is 3.01. The van der Waals surface area contributed by atoms with Crippen LogP contribution in [0.25, 0.3) is 0 Å². The van der Waals surface area contributed by atoms with Crippen molar-refractivity contribution in [2.75, 3.05) is 6.54 Å². The van der Waals surface area contributed by atoms with E-state index in [0.29, 0.717) is 17.7 Å². The average molecular weight is 264 g/mol. The molecule has 0 amide bonds. The summed E-state index contributed by atoms with van der Waals surface area (Å²) in [6, 6.07) is 8.63. The van der Waals surface area contributed by atoms with Gasteiger partial charge in [0, 0.05) is 6.54 Å². The van der Waals surface area contributed by atoms with E-state index in [1.165, 1.54) is 12.8 Å². The van der Waals surface area contributed by atoms with Crippen LogP contribution in [0.2, 0.25) is 0 Å². The quantitative estimate of drug-likeness (QED) is 0.851. The topological polar surface area (TPSA) is 70.0 Å². The van der Waals surface area contributed by atoms with Gasteiger partial charge >= 0.3 is 0 Å². The summed E-state index contributed by atoms with van der Waals surface area (Å²) in [6.07, 6.45) is 3.40. The zero-order valence-electron chi connectivity index (χ0n) is 10.1. The van der Waals surface area contributed by atoms with E-state index in [4.69, 9.17) is 5.26 Å². The van der Waals surface area contributed by atoms with E-state index in [1.54, 1.807) is 24.3 Å². The molecule has 1 aliphatic carbocycles. The molecule has 0 bridgehead atoms. The molecule has 1 aromatic carbocycles. The first kappa shape index (κ1) is 13.1. The minimum absolute atomic E-state index is 0.0244. The summed E-state index contributed by atoms with van der Waals surface area (Å²) in [6.45, 7) is 0.531. The molecule has 1 saturated carbocycles. The lowest BCUT2D eigenvalue weighted by Crippen LogP contribution is -2.26. The molecule has 0 radical (unpaired) electrons. The summed E-state index contributed by atoms with van der Waals surface area (Å²) in [5.74, 6) is 0.700. The molecule has 5 heteroatoms. The number of hydrogen-bond donors (Lipinski definition) is 1. The maximum Gasteiger partial charge on any atom is 0.215 e. The SMILES string of the molecule is N#Cc1ccc(CS(=O)(=O)NCCC2CC2)cc1. The highest BCUT2D eigenvalue weighted by Gasteiger charge is 2.21. The Morgan fingerprint density at radius 3 is 2.50 bits per heavy atom. The molecule has 1 fully saturated rings. The maximum atomic E-state index is 11.8. The third kappa shape index (κ3) is 4.13. The molecule has 1 aliphatic rings. The van der Waals surface area contributed by atoms with Crippen molar-refractivity contribution < 1.29 is 8.42 Å². The van der Waals surface area contributed by atoms with Crippen molar-refractivity contribution in [3.63, 3.8) is 0 Å². The van der Waals surface area contributed by atoms with Crippen molar-refractivity contribution in [1.29, 1.82) is 5.26 Å². The Morgan fingerprint density at radius 1 is 1.28 bits per heavy atom. The Bertz CT molecular complexity index is 539. The highest BCUT2D eigenvalue weighted by atomic mass is 32.2. The second-order valence-corrected chi connectivity index (χ2v) is 6.50. The molecule has 4 nitrogen and oxygen atoms in total. The van der Waals surface area contributed by atoms with Crippen molar-refractivity contribution in [3.05, 3.63) is 35.4 Å². The van der Waals surface area contributed by atoms with Crippen LogP contribution in [0.15, 0.2) is 24.3 Å². The molecule has 0 aliphatic heterocycles. The average Bonchev–Trinajstić information content (AvgIpc) is 3.13. The molecule has 1 N–H and O–H groups in total. The Labute approximate surface area is 108 Å². The number of nitrogens with one attached hydrogen (secondary N) is 1. The zero-order chi connectivity index (χ0) is 13.0. The van der Waals surface area contributed by atoms with Crippen molar-refractivity contribution in [2.45, 2.75) is 25.0 Å². The highest BCUT2D eigenvalue weighted by molar-refractivity contribution is 7.88. The van der Waals surface area contributed by atoms with Gasteiger partial charge in [0.1, 0.15) is 0 Å². The lowest BCUT2D eigenvalue weighted by atomic mass is 10.2. The number of hydrogen-bond acceptors (Lipinski definition) is 3. The van der Waals surface area contributed by atoms with Gasteiger partial charge in [-0.1, -0.05) is 25.0 Å². The van der Waals surface area contributed by atoms with Crippen LogP contribution >= 0.6 is 0 Å². The summed E-state index contributed by atoms with van der Waals surface area (Å²) in [5.41, 5.74) is 1.24. The van der Waals surface area contributed by atoms with Crippen molar-refractivity contribution in [2.24, 2.45) is 5.92 Å². The van der Waals surface area contributed by atoms with Gasteiger partial charge in [0.2, 0.25) is 10.0 Å². The smallest absolute Gasteiger partial charge is 0.215 e. The van der Waals surface area contributed by atoms with Crippen molar-refractivity contribution in [1.82, 2.24) is 4.72 Å². The van der Waals surface area contributed by atoms with Gasteiger partial charge in [-0.05, 0) is 30.0 Å². The van der Waals surface area contributed by atoms with Crippen molar-refractivity contribution in [3.8, 4) is 6.07 Å². The summed E-state index contributed by atoms with van der Waals surface area (Å²) >= 11 is 0. The Hall–Kier alpha value is -1.38. The normalized spacial score (nSPS) is 15.3. The number of nitriles is 1. The second kappa shape index (κ2) is 5.51. The molecular formula is C13H16N2O2S. The molecule has 0 heterocycles. The fourth-order valence-electron chi connectivity index (χ4n) is 1.77. The molecule has 2 rings (SSSR count). The largest absolute Gasteiger partial charge is 0.215 e. The van der Waals surface area contributed by atoms with Gasteiger partial charge < -0.3 is 0 Å². The monoisotopic (exact) mass is 264 g/mol. The van der Waals surface area contributed by atoms with Gasteiger partial charge in [0.25, 0.3) is 0 Å². The Morgan fingerprint density at radius 2 is 1.94 bits per heavy atom. The number of benzene rings is 1. The Kier molecular flexibility index (Phi) is 4.00. The molecule has 0 aromatic heterocycles. The van der Waals surface area contributed by atoms with E-state index in [1.807, 2.05) is 6.07 Å².